The smallest absolute Gasteiger partial charge is 0.263 e. The van der Waals surface area contributed by atoms with Gasteiger partial charge in [0.15, 0.2) is 5.16 Å². The number of benzene rings is 1. The molecule has 1 amide bonds. The second-order valence-corrected chi connectivity index (χ2v) is 7.92. The van der Waals surface area contributed by atoms with Gasteiger partial charge in [-0.15, -0.1) is 10.2 Å². The van der Waals surface area contributed by atoms with E-state index in [2.05, 4.69) is 25.1 Å². The molecule has 3 aromatic rings. The number of hydrogen-bond acceptors (Lipinski definition) is 8. The Kier molecular flexibility index (Phi) is 4.46. The molecule has 0 aliphatic carbocycles. The highest BCUT2D eigenvalue weighted by Gasteiger charge is 2.38. The minimum atomic E-state index is -0.106. The number of carbonyl (C=O) groups excluding carboxylic acids is 1. The van der Waals surface area contributed by atoms with Crippen LogP contribution in [0.3, 0.4) is 0 Å². The SMILES string of the molecule is CSc1ncc2c(n1)N1CCC[C@H]1CN(c1ccccc1-c1nnc(C)o1)C2=O. The quantitative estimate of drug-likeness (QED) is 0.482. The molecule has 0 saturated carbocycles. The van der Waals surface area contributed by atoms with Gasteiger partial charge in [-0.3, -0.25) is 4.79 Å². The number of anilines is 2. The molecule has 1 saturated heterocycles. The van der Waals surface area contributed by atoms with Gasteiger partial charge in [-0.25, -0.2) is 9.97 Å². The number of thioether (sulfide) groups is 1. The monoisotopic (exact) mass is 408 g/mol. The lowest BCUT2D eigenvalue weighted by molar-refractivity contribution is 0.0988. The van der Waals surface area contributed by atoms with Crippen LogP contribution in [0.4, 0.5) is 11.5 Å². The van der Waals surface area contributed by atoms with Gasteiger partial charge in [0.2, 0.25) is 11.8 Å². The normalized spacial score (nSPS) is 18.6. The molecule has 5 rings (SSSR count). The van der Waals surface area contributed by atoms with Crippen molar-refractivity contribution in [2.75, 3.05) is 29.1 Å². The van der Waals surface area contributed by atoms with Crippen molar-refractivity contribution in [2.24, 2.45) is 0 Å². The molecule has 0 unspecified atom stereocenters. The zero-order chi connectivity index (χ0) is 20.0. The van der Waals surface area contributed by atoms with Crippen LogP contribution in [0.5, 0.6) is 0 Å². The number of hydrogen-bond donors (Lipinski definition) is 0. The van der Waals surface area contributed by atoms with Gasteiger partial charge in [-0.2, -0.15) is 0 Å². The van der Waals surface area contributed by atoms with E-state index in [-0.39, 0.29) is 11.9 Å². The maximum Gasteiger partial charge on any atom is 0.263 e. The summed E-state index contributed by atoms with van der Waals surface area (Å²) in [6.45, 7) is 3.23. The lowest BCUT2D eigenvalue weighted by Crippen LogP contribution is -2.40. The van der Waals surface area contributed by atoms with Crippen LogP contribution in [0.1, 0.15) is 29.1 Å². The predicted molar refractivity (Wildman–Crippen MR) is 110 cm³/mol. The minimum Gasteiger partial charge on any atom is -0.421 e. The third-order valence-electron chi connectivity index (χ3n) is 5.40. The minimum absolute atomic E-state index is 0.106. The number of rotatable bonds is 3. The van der Waals surface area contributed by atoms with Crippen molar-refractivity contribution in [3.05, 3.63) is 41.9 Å². The molecule has 0 bridgehead atoms. The number of aromatic nitrogens is 4. The summed E-state index contributed by atoms with van der Waals surface area (Å²) < 4.78 is 5.66. The van der Waals surface area contributed by atoms with Crippen molar-refractivity contribution in [1.82, 2.24) is 20.2 Å². The average Bonchev–Trinajstić information content (AvgIpc) is 3.37. The Hall–Kier alpha value is -2.94. The molecule has 0 N–H and O–H groups in total. The number of nitrogens with zero attached hydrogens (tertiary/aromatic N) is 6. The molecule has 148 valence electrons. The van der Waals surface area contributed by atoms with E-state index in [9.17, 15) is 4.79 Å². The van der Waals surface area contributed by atoms with Crippen LogP contribution in [-0.2, 0) is 0 Å². The lowest BCUT2D eigenvalue weighted by atomic mass is 10.1. The topological polar surface area (TPSA) is 88.2 Å². The number of amides is 1. The van der Waals surface area contributed by atoms with E-state index >= 15 is 0 Å². The first kappa shape index (κ1) is 18.1. The number of aryl methyl sites for hydroxylation is 1. The van der Waals surface area contributed by atoms with Gasteiger partial charge in [-0.05, 0) is 31.2 Å². The van der Waals surface area contributed by atoms with Crippen LogP contribution in [0.2, 0.25) is 0 Å². The van der Waals surface area contributed by atoms with Crippen molar-refractivity contribution >= 4 is 29.2 Å². The van der Waals surface area contributed by atoms with E-state index in [1.54, 1.807) is 13.1 Å². The Labute approximate surface area is 172 Å². The summed E-state index contributed by atoms with van der Waals surface area (Å²) in [6, 6.07) is 7.86. The lowest BCUT2D eigenvalue weighted by Gasteiger charge is -2.27. The van der Waals surface area contributed by atoms with E-state index in [1.165, 1.54) is 11.8 Å². The van der Waals surface area contributed by atoms with Crippen LogP contribution < -0.4 is 9.80 Å². The van der Waals surface area contributed by atoms with Crippen molar-refractivity contribution < 1.29 is 9.21 Å². The summed E-state index contributed by atoms with van der Waals surface area (Å²) in [5, 5.41) is 8.78. The summed E-state index contributed by atoms with van der Waals surface area (Å²) in [6.07, 6.45) is 5.69. The summed E-state index contributed by atoms with van der Waals surface area (Å²) in [5.41, 5.74) is 2.04. The van der Waals surface area contributed by atoms with E-state index in [4.69, 9.17) is 4.42 Å². The Morgan fingerprint density at radius 3 is 2.86 bits per heavy atom. The maximum absolute atomic E-state index is 13.6. The molecule has 0 spiro atoms. The van der Waals surface area contributed by atoms with Crippen LogP contribution in [0, 0.1) is 6.92 Å². The molecule has 4 heterocycles. The van der Waals surface area contributed by atoms with Gasteiger partial charge in [-0.1, -0.05) is 23.9 Å². The van der Waals surface area contributed by atoms with E-state index in [0.717, 1.165) is 36.5 Å². The van der Waals surface area contributed by atoms with Gasteiger partial charge in [0.05, 0.1) is 11.3 Å². The highest BCUT2D eigenvalue weighted by Crippen LogP contribution is 2.37. The molecule has 2 aliphatic heterocycles. The van der Waals surface area contributed by atoms with Crippen molar-refractivity contribution in [3.8, 4) is 11.5 Å². The second kappa shape index (κ2) is 7.14. The predicted octanol–water partition coefficient (Wildman–Crippen LogP) is 3.19. The number of fused-ring (bicyclic) bond motifs is 3. The Morgan fingerprint density at radius 1 is 1.21 bits per heavy atom. The van der Waals surface area contributed by atoms with Crippen molar-refractivity contribution in [3.63, 3.8) is 0 Å². The average molecular weight is 408 g/mol. The van der Waals surface area contributed by atoms with Gasteiger partial charge < -0.3 is 14.2 Å². The van der Waals surface area contributed by atoms with Crippen LogP contribution in [-0.4, -0.2) is 51.5 Å². The molecule has 1 fully saturated rings. The first-order chi connectivity index (χ1) is 14.2. The molecular formula is C20H20N6O2S. The largest absolute Gasteiger partial charge is 0.421 e. The van der Waals surface area contributed by atoms with Gasteiger partial charge >= 0.3 is 0 Å². The van der Waals surface area contributed by atoms with Crippen molar-refractivity contribution in [2.45, 2.75) is 31.0 Å². The van der Waals surface area contributed by atoms with Crippen LogP contribution >= 0.6 is 11.8 Å². The standard InChI is InChI=1S/C20H20N6O2S/c1-12-23-24-18(28-12)14-7-3-4-8-16(14)26-11-13-6-5-9-25(13)17-15(19(26)27)10-21-20(22-17)29-2/h3-4,7-8,10,13H,5-6,9,11H2,1-2H3/t13-/m0/s1. The molecule has 2 aliphatic rings. The fourth-order valence-electron chi connectivity index (χ4n) is 4.07. The Morgan fingerprint density at radius 2 is 2.07 bits per heavy atom. The maximum atomic E-state index is 13.6. The summed E-state index contributed by atoms with van der Waals surface area (Å²) in [5.74, 6) is 1.53. The zero-order valence-electron chi connectivity index (χ0n) is 16.2. The zero-order valence-corrected chi connectivity index (χ0v) is 17.0. The summed E-state index contributed by atoms with van der Waals surface area (Å²) in [7, 11) is 0. The fraction of sp³-hybridized carbons (Fsp3) is 0.350. The summed E-state index contributed by atoms with van der Waals surface area (Å²) >= 11 is 1.48. The molecular weight excluding hydrogens is 388 g/mol. The molecule has 2 aromatic heterocycles. The molecule has 0 radical (unpaired) electrons. The molecule has 8 nitrogen and oxygen atoms in total. The van der Waals surface area contributed by atoms with Gasteiger partial charge in [0, 0.05) is 32.3 Å². The highest BCUT2D eigenvalue weighted by atomic mass is 32.2. The molecule has 29 heavy (non-hydrogen) atoms. The van der Waals surface area contributed by atoms with Crippen LogP contribution in [0.15, 0.2) is 40.0 Å². The second-order valence-electron chi connectivity index (χ2n) is 7.14. The van der Waals surface area contributed by atoms with Gasteiger partial charge in [0.25, 0.3) is 5.91 Å². The van der Waals surface area contributed by atoms with E-state index < -0.39 is 0 Å². The third kappa shape index (κ3) is 3.05. The van der Waals surface area contributed by atoms with Crippen molar-refractivity contribution in [1.29, 1.82) is 0 Å². The number of para-hydroxylation sites is 1. The van der Waals surface area contributed by atoms with Crippen LogP contribution in [0.25, 0.3) is 11.5 Å². The molecule has 1 aromatic carbocycles. The fourth-order valence-corrected chi connectivity index (χ4v) is 4.41. The number of carbonyl (C=O) groups is 1. The Bertz CT molecular complexity index is 1080. The summed E-state index contributed by atoms with van der Waals surface area (Å²) in [4.78, 5) is 26.7. The third-order valence-corrected chi connectivity index (χ3v) is 5.96. The van der Waals surface area contributed by atoms with E-state index in [0.29, 0.717) is 29.0 Å². The first-order valence-electron chi connectivity index (χ1n) is 9.54. The first-order valence-corrected chi connectivity index (χ1v) is 10.8. The highest BCUT2D eigenvalue weighted by molar-refractivity contribution is 7.98. The molecule has 9 heteroatoms. The Balaban J connectivity index is 1.64. The molecule has 1 atom stereocenters. The van der Waals surface area contributed by atoms with Gasteiger partial charge in [0.1, 0.15) is 11.4 Å². The van der Waals surface area contributed by atoms with E-state index in [1.807, 2.05) is 35.4 Å².